The average molecular weight is 288 g/mol. The summed E-state index contributed by atoms with van der Waals surface area (Å²) >= 11 is 0. The molecule has 2 unspecified atom stereocenters. The number of rotatable bonds is 1. The molecule has 2 aliphatic rings. The van der Waals surface area contributed by atoms with Crippen molar-refractivity contribution in [3.8, 4) is 6.07 Å². The van der Waals surface area contributed by atoms with E-state index in [1.165, 1.54) is 0 Å². The molecule has 2 atom stereocenters. The third-order valence-corrected chi connectivity index (χ3v) is 4.24. The van der Waals surface area contributed by atoms with Gasteiger partial charge in [0, 0.05) is 11.8 Å². The van der Waals surface area contributed by atoms with E-state index in [1.54, 1.807) is 11.1 Å². The summed E-state index contributed by atoms with van der Waals surface area (Å²) in [5, 5.41) is 9.59. The van der Waals surface area contributed by atoms with E-state index in [1.807, 2.05) is 44.3 Å². The van der Waals surface area contributed by atoms with E-state index in [0.29, 0.717) is 5.92 Å². The number of carbonyl (C=O) groups excluding carboxylic acids is 1. The molecular weight excluding hydrogens is 271 g/mol. The zero-order chi connectivity index (χ0) is 15.7. The van der Waals surface area contributed by atoms with Crippen molar-refractivity contribution in [3.05, 3.63) is 59.3 Å². The molecule has 1 aromatic carbocycles. The van der Waals surface area contributed by atoms with Crippen LogP contribution >= 0.6 is 0 Å². The maximum atomic E-state index is 12.8. The Morgan fingerprint density at radius 3 is 3.00 bits per heavy atom. The lowest BCUT2D eigenvalue weighted by atomic mass is 9.84. The Kier molecular flexibility index (Phi) is 3.72. The molecule has 0 aromatic heterocycles. The van der Waals surface area contributed by atoms with Crippen LogP contribution in [0, 0.1) is 17.2 Å². The lowest BCUT2D eigenvalue weighted by molar-refractivity contribution is -0.126. The van der Waals surface area contributed by atoms with Crippen molar-refractivity contribution in [2.75, 3.05) is 0 Å². The molecule has 1 aromatic rings. The molecule has 0 fully saturated rings. The van der Waals surface area contributed by atoms with Crippen molar-refractivity contribution in [1.82, 2.24) is 4.90 Å². The summed E-state index contributed by atoms with van der Waals surface area (Å²) in [6.45, 7) is 2.09. The lowest BCUT2D eigenvalue weighted by Gasteiger charge is -2.31. The average Bonchev–Trinajstić information content (AvgIpc) is 2.53. The number of benzene rings is 1. The quantitative estimate of drug-likeness (QED) is 0.740. The predicted molar refractivity (Wildman–Crippen MR) is 89.9 cm³/mol. The van der Waals surface area contributed by atoms with Crippen LogP contribution in [0.5, 0.6) is 0 Å². The van der Waals surface area contributed by atoms with E-state index < -0.39 is 6.04 Å². The summed E-state index contributed by atoms with van der Waals surface area (Å²) in [6, 6.07) is 7.60. The van der Waals surface area contributed by atoms with Crippen molar-refractivity contribution >= 4 is 25.3 Å². The van der Waals surface area contributed by atoms with E-state index >= 15 is 0 Å². The van der Waals surface area contributed by atoms with E-state index in [4.69, 9.17) is 0 Å². The number of allylic oxidation sites excluding steroid dienone is 3. The predicted octanol–water partition coefficient (Wildman–Crippen LogP) is 1.84. The van der Waals surface area contributed by atoms with Crippen LogP contribution < -0.4 is 5.46 Å². The first-order valence-electron chi connectivity index (χ1n) is 7.49. The Hall–Kier alpha value is -2.54. The summed E-state index contributed by atoms with van der Waals surface area (Å²) < 4.78 is 0. The maximum absolute atomic E-state index is 12.8. The van der Waals surface area contributed by atoms with Gasteiger partial charge in [0.15, 0.2) is 0 Å². The molecule has 0 spiro atoms. The molecule has 0 bridgehead atoms. The number of hydrogen-bond acceptors (Lipinski definition) is 2. The second-order valence-electron chi connectivity index (χ2n) is 5.90. The Labute approximate surface area is 131 Å². The van der Waals surface area contributed by atoms with Gasteiger partial charge in [-0.2, -0.15) is 5.26 Å². The highest BCUT2D eigenvalue weighted by Gasteiger charge is 2.30. The molecule has 22 heavy (non-hydrogen) atoms. The fourth-order valence-electron chi connectivity index (χ4n) is 3.05. The van der Waals surface area contributed by atoms with Crippen molar-refractivity contribution in [2.24, 2.45) is 5.92 Å². The van der Waals surface area contributed by atoms with Crippen LogP contribution in [0.15, 0.2) is 48.2 Å². The minimum Gasteiger partial charge on any atom is -0.295 e. The van der Waals surface area contributed by atoms with E-state index in [0.717, 1.165) is 28.6 Å². The molecule has 3 rings (SSSR count). The fourth-order valence-corrected chi connectivity index (χ4v) is 3.05. The number of nitrogens with zero attached hydrogens (tertiary/aromatic N) is 2. The van der Waals surface area contributed by atoms with Gasteiger partial charge < -0.3 is 0 Å². The van der Waals surface area contributed by atoms with Crippen LogP contribution in [0.3, 0.4) is 0 Å². The van der Waals surface area contributed by atoms with Gasteiger partial charge in [-0.15, -0.1) is 0 Å². The molecule has 1 amide bonds. The Morgan fingerprint density at radius 2 is 2.27 bits per heavy atom. The summed E-state index contributed by atoms with van der Waals surface area (Å²) in [5.41, 5.74) is 3.83. The molecule has 0 radical (unpaired) electrons. The molecular formula is C18H17BN2O. The number of nitriles is 1. The van der Waals surface area contributed by atoms with E-state index in [-0.39, 0.29) is 5.91 Å². The highest BCUT2D eigenvalue weighted by atomic mass is 16.2. The first kappa shape index (κ1) is 14.4. The summed E-state index contributed by atoms with van der Waals surface area (Å²) in [7, 11) is 2.02. The van der Waals surface area contributed by atoms with Crippen molar-refractivity contribution in [1.29, 1.82) is 5.26 Å². The van der Waals surface area contributed by atoms with Crippen LogP contribution in [-0.2, 0) is 4.79 Å². The standard InChI is InChI=1S/C18H17BN2O/c1-12-4-2-5-13(10-12)18(22)21-9-8-14-15(17(21)11-20)6-3-7-16(14)19/h2-9,12,17H,10,19H2,1H3. The molecule has 4 heteroatoms. The van der Waals surface area contributed by atoms with Crippen LogP contribution in [0.2, 0.25) is 0 Å². The third-order valence-electron chi connectivity index (χ3n) is 4.24. The van der Waals surface area contributed by atoms with Crippen LogP contribution in [0.25, 0.3) is 6.08 Å². The minimum absolute atomic E-state index is 0.0776. The van der Waals surface area contributed by atoms with Crippen molar-refractivity contribution in [2.45, 2.75) is 19.4 Å². The normalized spacial score (nSPS) is 22.7. The van der Waals surface area contributed by atoms with Gasteiger partial charge in [0.2, 0.25) is 0 Å². The van der Waals surface area contributed by atoms with Crippen LogP contribution in [0.4, 0.5) is 0 Å². The molecule has 0 saturated heterocycles. The van der Waals surface area contributed by atoms with Crippen molar-refractivity contribution < 1.29 is 4.79 Å². The molecule has 3 nitrogen and oxygen atoms in total. The Morgan fingerprint density at radius 1 is 1.45 bits per heavy atom. The maximum Gasteiger partial charge on any atom is 0.255 e. The lowest BCUT2D eigenvalue weighted by Crippen LogP contribution is -2.34. The Bertz CT molecular complexity index is 755. The van der Waals surface area contributed by atoms with Crippen LogP contribution in [-0.4, -0.2) is 18.7 Å². The number of fused-ring (bicyclic) bond motifs is 1. The van der Waals surface area contributed by atoms with E-state index in [2.05, 4.69) is 19.1 Å². The monoisotopic (exact) mass is 288 g/mol. The van der Waals surface area contributed by atoms with Gasteiger partial charge in [-0.3, -0.25) is 9.69 Å². The topological polar surface area (TPSA) is 44.1 Å². The molecule has 1 heterocycles. The van der Waals surface area contributed by atoms with Crippen LogP contribution in [0.1, 0.15) is 30.5 Å². The van der Waals surface area contributed by atoms with Gasteiger partial charge in [0.05, 0.1) is 6.07 Å². The number of amides is 1. The van der Waals surface area contributed by atoms with Gasteiger partial charge in [0.1, 0.15) is 13.9 Å². The molecule has 1 aliphatic carbocycles. The summed E-state index contributed by atoms with van der Waals surface area (Å²) in [4.78, 5) is 14.3. The third kappa shape index (κ3) is 2.39. The Balaban J connectivity index is 1.97. The van der Waals surface area contributed by atoms with Crippen molar-refractivity contribution in [3.63, 3.8) is 0 Å². The smallest absolute Gasteiger partial charge is 0.255 e. The highest BCUT2D eigenvalue weighted by molar-refractivity contribution is 6.34. The molecule has 0 saturated carbocycles. The fraction of sp³-hybridized carbons (Fsp3) is 0.222. The summed E-state index contributed by atoms with van der Waals surface area (Å²) in [5.74, 6) is 0.277. The zero-order valence-corrected chi connectivity index (χ0v) is 12.8. The largest absolute Gasteiger partial charge is 0.295 e. The molecule has 1 aliphatic heterocycles. The number of carbonyl (C=O) groups is 1. The van der Waals surface area contributed by atoms with Gasteiger partial charge >= 0.3 is 0 Å². The van der Waals surface area contributed by atoms with Gasteiger partial charge in [-0.05, 0) is 29.5 Å². The molecule has 108 valence electrons. The molecule has 0 N–H and O–H groups in total. The van der Waals surface area contributed by atoms with E-state index in [9.17, 15) is 10.1 Å². The minimum atomic E-state index is -0.561. The van der Waals surface area contributed by atoms with Gasteiger partial charge in [-0.25, -0.2) is 0 Å². The first-order chi connectivity index (χ1) is 10.6. The zero-order valence-electron chi connectivity index (χ0n) is 12.8. The highest BCUT2D eigenvalue weighted by Crippen LogP contribution is 2.31. The second kappa shape index (κ2) is 5.69. The number of hydrogen-bond donors (Lipinski definition) is 0. The summed E-state index contributed by atoms with van der Waals surface area (Å²) in [6.07, 6.45) is 10.3. The second-order valence-corrected chi connectivity index (χ2v) is 5.90. The van der Waals surface area contributed by atoms with Gasteiger partial charge in [0.25, 0.3) is 5.91 Å². The SMILES string of the molecule is Bc1cccc2c1C=CN(C(=O)C1=CC=CC(C)C1)C2C#N. The van der Waals surface area contributed by atoms with Gasteiger partial charge in [-0.1, -0.05) is 48.8 Å². The first-order valence-corrected chi connectivity index (χ1v) is 7.49.